The zero-order chi connectivity index (χ0) is 15.5. The fourth-order valence-electron chi connectivity index (χ4n) is 2.63. The van der Waals surface area contributed by atoms with Crippen LogP contribution in [0.2, 0.25) is 4.34 Å². The number of nitrogens with zero attached hydrogens (tertiary/aromatic N) is 2. The van der Waals surface area contributed by atoms with Crippen LogP contribution in [0.5, 0.6) is 0 Å². The van der Waals surface area contributed by atoms with Gasteiger partial charge >= 0.3 is 0 Å². The third kappa shape index (κ3) is 3.10. The first kappa shape index (κ1) is 15.7. The van der Waals surface area contributed by atoms with Crippen molar-refractivity contribution < 1.29 is 4.74 Å². The van der Waals surface area contributed by atoms with E-state index in [0.717, 1.165) is 21.7 Å². The van der Waals surface area contributed by atoms with Crippen LogP contribution in [0.3, 0.4) is 0 Å². The third-order valence-electron chi connectivity index (χ3n) is 3.62. The fraction of sp³-hybridized carbons (Fsp3) is 0.333. The molecule has 0 aromatic carbocycles. The smallest absolute Gasteiger partial charge is 0.170 e. The van der Waals surface area contributed by atoms with Crippen molar-refractivity contribution in [1.29, 1.82) is 0 Å². The zero-order valence-corrected chi connectivity index (χ0v) is 14.4. The van der Waals surface area contributed by atoms with Crippen molar-refractivity contribution >= 4 is 40.3 Å². The second-order valence-corrected chi connectivity index (χ2v) is 7.09. The van der Waals surface area contributed by atoms with Gasteiger partial charge in [0.05, 0.1) is 28.7 Å². The van der Waals surface area contributed by atoms with Crippen LogP contribution in [0.15, 0.2) is 36.5 Å². The number of hydrogen-bond donors (Lipinski definition) is 1. The molecule has 3 heterocycles. The predicted molar refractivity (Wildman–Crippen MR) is 93.4 cm³/mol. The number of halogens is 1. The molecule has 0 amide bonds. The van der Waals surface area contributed by atoms with E-state index in [4.69, 9.17) is 28.6 Å². The summed E-state index contributed by atoms with van der Waals surface area (Å²) in [5.74, 6) is 0. The normalized spacial score (nSPS) is 21.2. The molecule has 2 atom stereocenters. The second kappa shape index (κ2) is 6.91. The molecule has 3 rings (SSSR count). The number of rotatable bonds is 5. The van der Waals surface area contributed by atoms with Gasteiger partial charge < -0.3 is 15.0 Å². The summed E-state index contributed by atoms with van der Waals surface area (Å²) >= 11 is 13.2. The first-order chi connectivity index (χ1) is 10.7. The van der Waals surface area contributed by atoms with Gasteiger partial charge in [-0.3, -0.25) is 4.98 Å². The highest BCUT2D eigenvalue weighted by molar-refractivity contribution is 7.80. The zero-order valence-electron chi connectivity index (χ0n) is 12.0. The molecule has 1 saturated heterocycles. The van der Waals surface area contributed by atoms with Crippen LogP contribution >= 0.6 is 35.2 Å². The Bertz CT molecular complexity index is 649. The molecule has 2 aromatic rings. The first-order valence-corrected chi connectivity index (χ1v) is 8.53. The van der Waals surface area contributed by atoms with E-state index in [0.29, 0.717) is 6.61 Å². The minimum absolute atomic E-state index is 0.0141. The molecule has 1 aliphatic rings. The molecular formula is C15H16ClN3OS2. The quantitative estimate of drug-likeness (QED) is 0.834. The van der Waals surface area contributed by atoms with Crippen LogP contribution in [0.25, 0.3) is 0 Å². The molecule has 0 aliphatic carbocycles. The van der Waals surface area contributed by atoms with Crippen LogP contribution < -0.4 is 5.32 Å². The van der Waals surface area contributed by atoms with E-state index in [1.807, 2.05) is 24.3 Å². The molecule has 22 heavy (non-hydrogen) atoms. The van der Waals surface area contributed by atoms with Gasteiger partial charge in [0.25, 0.3) is 0 Å². The van der Waals surface area contributed by atoms with E-state index in [1.165, 1.54) is 4.88 Å². The lowest BCUT2D eigenvalue weighted by Gasteiger charge is -2.26. The number of pyridine rings is 1. The third-order valence-corrected chi connectivity index (χ3v) is 5.27. The lowest BCUT2D eigenvalue weighted by atomic mass is 10.0. The van der Waals surface area contributed by atoms with Crippen molar-refractivity contribution in [2.24, 2.45) is 0 Å². The molecule has 1 aliphatic heterocycles. The fourth-order valence-corrected chi connectivity index (χ4v) is 4.18. The SMILES string of the molecule is COCCN1C(=S)NC(c2ccccn2)C1c1ccc(Cl)s1. The molecule has 0 bridgehead atoms. The molecule has 2 aromatic heterocycles. The number of aromatic nitrogens is 1. The van der Waals surface area contributed by atoms with Gasteiger partial charge in [0.2, 0.25) is 0 Å². The minimum Gasteiger partial charge on any atom is -0.383 e. The van der Waals surface area contributed by atoms with Crippen molar-refractivity contribution in [3.63, 3.8) is 0 Å². The molecule has 0 saturated carbocycles. The van der Waals surface area contributed by atoms with Crippen LogP contribution in [-0.4, -0.2) is 35.3 Å². The standard InChI is InChI=1S/C15H16ClN3OS2/c1-20-9-8-19-14(11-5-6-12(16)22-11)13(18-15(19)21)10-4-2-3-7-17-10/h2-7,13-14H,8-9H2,1H3,(H,18,21). The highest BCUT2D eigenvalue weighted by Gasteiger charge is 2.40. The second-order valence-electron chi connectivity index (χ2n) is 4.95. The number of hydrogen-bond acceptors (Lipinski definition) is 4. The molecule has 2 unspecified atom stereocenters. The Morgan fingerprint density at radius 3 is 2.91 bits per heavy atom. The van der Waals surface area contributed by atoms with Crippen molar-refractivity contribution in [2.45, 2.75) is 12.1 Å². The van der Waals surface area contributed by atoms with Crippen LogP contribution in [0.1, 0.15) is 22.7 Å². The maximum absolute atomic E-state index is 6.13. The number of nitrogens with one attached hydrogen (secondary N) is 1. The Balaban J connectivity index is 1.96. The summed E-state index contributed by atoms with van der Waals surface area (Å²) in [5, 5.41) is 4.11. The number of methoxy groups -OCH3 is 1. The van der Waals surface area contributed by atoms with Crippen LogP contribution in [0.4, 0.5) is 0 Å². The van der Waals surface area contributed by atoms with Crippen molar-refractivity contribution in [3.8, 4) is 0 Å². The molecule has 1 N–H and O–H groups in total. The minimum atomic E-state index is 0.0141. The van der Waals surface area contributed by atoms with Gasteiger partial charge in [-0.25, -0.2) is 0 Å². The number of thiocarbonyl (C=S) groups is 1. The van der Waals surface area contributed by atoms with Crippen molar-refractivity contribution in [1.82, 2.24) is 15.2 Å². The van der Waals surface area contributed by atoms with Gasteiger partial charge in [-0.05, 0) is 36.5 Å². The van der Waals surface area contributed by atoms with Crippen LogP contribution in [0, 0.1) is 0 Å². The van der Waals surface area contributed by atoms with Gasteiger partial charge in [0, 0.05) is 24.7 Å². The van der Waals surface area contributed by atoms with Gasteiger partial charge in [0.1, 0.15) is 0 Å². The Kier molecular flexibility index (Phi) is 4.93. The highest BCUT2D eigenvalue weighted by Crippen LogP contribution is 2.41. The summed E-state index contributed by atoms with van der Waals surface area (Å²) in [6.45, 7) is 1.35. The Labute approximate surface area is 144 Å². The maximum Gasteiger partial charge on any atom is 0.170 e. The lowest BCUT2D eigenvalue weighted by molar-refractivity contribution is 0.164. The first-order valence-electron chi connectivity index (χ1n) is 6.93. The van der Waals surface area contributed by atoms with E-state index in [1.54, 1.807) is 24.6 Å². The van der Waals surface area contributed by atoms with Gasteiger partial charge in [0.15, 0.2) is 5.11 Å². The predicted octanol–water partition coefficient (Wildman–Crippen LogP) is 3.42. The van der Waals surface area contributed by atoms with Gasteiger partial charge in [-0.1, -0.05) is 17.7 Å². The van der Waals surface area contributed by atoms with E-state index < -0.39 is 0 Å². The summed E-state index contributed by atoms with van der Waals surface area (Å²) in [6.07, 6.45) is 1.80. The molecular weight excluding hydrogens is 338 g/mol. The van der Waals surface area contributed by atoms with E-state index in [-0.39, 0.29) is 12.1 Å². The highest BCUT2D eigenvalue weighted by atomic mass is 35.5. The van der Waals surface area contributed by atoms with Crippen molar-refractivity contribution in [3.05, 3.63) is 51.4 Å². The average molecular weight is 354 g/mol. The molecule has 7 heteroatoms. The van der Waals surface area contributed by atoms with E-state index in [9.17, 15) is 0 Å². The largest absolute Gasteiger partial charge is 0.383 e. The van der Waals surface area contributed by atoms with Crippen LogP contribution in [-0.2, 0) is 4.74 Å². The topological polar surface area (TPSA) is 37.4 Å². The summed E-state index contributed by atoms with van der Waals surface area (Å²) in [7, 11) is 1.69. The Hall–Kier alpha value is -1.21. The molecule has 1 fully saturated rings. The Morgan fingerprint density at radius 2 is 2.27 bits per heavy atom. The van der Waals surface area contributed by atoms with E-state index >= 15 is 0 Å². The summed E-state index contributed by atoms with van der Waals surface area (Å²) < 4.78 is 5.99. The summed E-state index contributed by atoms with van der Waals surface area (Å²) in [4.78, 5) is 7.81. The summed E-state index contributed by atoms with van der Waals surface area (Å²) in [6, 6.07) is 9.99. The van der Waals surface area contributed by atoms with E-state index in [2.05, 4.69) is 21.3 Å². The Morgan fingerprint density at radius 1 is 1.41 bits per heavy atom. The monoisotopic (exact) mass is 353 g/mol. The lowest BCUT2D eigenvalue weighted by Crippen LogP contribution is -2.32. The maximum atomic E-state index is 6.13. The van der Waals surface area contributed by atoms with Crippen molar-refractivity contribution in [2.75, 3.05) is 20.3 Å². The molecule has 4 nitrogen and oxygen atoms in total. The number of ether oxygens (including phenoxy) is 1. The molecule has 116 valence electrons. The summed E-state index contributed by atoms with van der Waals surface area (Å²) in [5.41, 5.74) is 0.972. The molecule has 0 radical (unpaired) electrons. The number of thiophene rings is 1. The molecule has 0 spiro atoms. The van der Waals surface area contributed by atoms with Gasteiger partial charge in [-0.15, -0.1) is 11.3 Å². The average Bonchev–Trinajstić information content (AvgIpc) is 3.09. The van der Waals surface area contributed by atoms with Gasteiger partial charge in [-0.2, -0.15) is 0 Å².